The molecule has 2 rings (SSSR count). The van der Waals surface area contributed by atoms with Gasteiger partial charge in [-0.2, -0.15) is 0 Å². The van der Waals surface area contributed by atoms with E-state index in [2.05, 4.69) is 0 Å². The number of fused-ring (bicyclic) bond motifs is 1. The predicted molar refractivity (Wildman–Crippen MR) is 73.3 cm³/mol. The normalized spacial score (nSPS) is 15.9. The van der Waals surface area contributed by atoms with Crippen LogP contribution in [0.5, 0.6) is 0 Å². The predicted octanol–water partition coefficient (Wildman–Crippen LogP) is 1.94. The molecule has 1 unspecified atom stereocenters. The summed E-state index contributed by atoms with van der Waals surface area (Å²) in [7, 11) is 0. The van der Waals surface area contributed by atoms with Crippen molar-refractivity contribution in [2.75, 3.05) is 0 Å². The van der Waals surface area contributed by atoms with Gasteiger partial charge in [0.25, 0.3) is 11.8 Å². The molecular weight excluding hydrogens is 274 g/mol. The van der Waals surface area contributed by atoms with Crippen molar-refractivity contribution in [3.05, 3.63) is 35.4 Å². The minimum Gasteiger partial charge on any atom is -0.458 e. The summed E-state index contributed by atoms with van der Waals surface area (Å²) in [5, 5.41) is 0.610. The van der Waals surface area contributed by atoms with Crippen molar-refractivity contribution in [2.45, 2.75) is 39.4 Å². The molecule has 0 bridgehead atoms. The van der Waals surface area contributed by atoms with Crippen LogP contribution in [0.4, 0.5) is 0 Å². The molecule has 6 nitrogen and oxygen atoms in total. The molecule has 0 aliphatic carbocycles. The van der Waals surface area contributed by atoms with E-state index in [0.717, 1.165) is 0 Å². The molecule has 1 aromatic rings. The number of nitrogens with zero attached hydrogens (tertiary/aromatic N) is 1. The van der Waals surface area contributed by atoms with Crippen LogP contribution in [0.15, 0.2) is 24.3 Å². The molecular formula is C15H17NO5. The summed E-state index contributed by atoms with van der Waals surface area (Å²) < 4.78 is 5.14. The van der Waals surface area contributed by atoms with Gasteiger partial charge in [-0.3, -0.25) is 9.59 Å². The van der Waals surface area contributed by atoms with E-state index in [1.165, 1.54) is 19.1 Å². The number of ether oxygens (including phenoxy) is 1. The lowest BCUT2D eigenvalue weighted by Gasteiger charge is -2.23. The maximum absolute atomic E-state index is 12.1. The second kappa shape index (κ2) is 5.29. The SMILES string of the molecule is CC(ON1C(=O)c2ccccc2C1=O)C(=O)OC(C)(C)C. The molecule has 0 aromatic heterocycles. The first-order valence-electron chi connectivity index (χ1n) is 6.58. The monoisotopic (exact) mass is 291 g/mol. The number of esters is 1. The molecule has 0 N–H and O–H groups in total. The average molecular weight is 291 g/mol. The third-order valence-electron chi connectivity index (χ3n) is 2.76. The number of carbonyl (C=O) groups excluding carboxylic acids is 3. The molecule has 6 heteroatoms. The Balaban J connectivity index is 2.10. The van der Waals surface area contributed by atoms with Crippen LogP contribution in [0, 0.1) is 0 Å². The smallest absolute Gasteiger partial charge is 0.338 e. The summed E-state index contributed by atoms with van der Waals surface area (Å²) in [6.45, 7) is 6.59. The topological polar surface area (TPSA) is 72.9 Å². The first-order valence-corrected chi connectivity index (χ1v) is 6.58. The van der Waals surface area contributed by atoms with Gasteiger partial charge in [-0.05, 0) is 39.8 Å². The molecule has 1 atom stereocenters. The highest BCUT2D eigenvalue weighted by Crippen LogP contribution is 2.23. The summed E-state index contributed by atoms with van der Waals surface area (Å²) in [6.07, 6.45) is -1.06. The van der Waals surface area contributed by atoms with Crippen molar-refractivity contribution >= 4 is 17.8 Å². The molecule has 0 saturated carbocycles. The Kier molecular flexibility index (Phi) is 3.82. The van der Waals surface area contributed by atoms with Gasteiger partial charge < -0.3 is 4.74 Å². The number of rotatable bonds is 3. The third-order valence-corrected chi connectivity index (χ3v) is 2.76. The van der Waals surface area contributed by atoms with Crippen LogP contribution in [0.2, 0.25) is 0 Å². The Morgan fingerprint density at radius 1 is 1.10 bits per heavy atom. The molecule has 0 saturated heterocycles. The number of hydrogen-bond donors (Lipinski definition) is 0. The van der Waals surface area contributed by atoms with Crippen molar-refractivity contribution in [1.29, 1.82) is 0 Å². The van der Waals surface area contributed by atoms with Gasteiger partial charge >= 0.3 is 5.97 Å². The number of amides is 2. The zero-order valence-corrected chi connectivity index (χ0v) is 12.4. The third kappa shape index (κ3) is 3.11. The molecule has 0 fully saturated rings. The number of hydrogen-bond acceptors (Lipinski definition) is 5. The van der Waals surface area contributed by atoms with Gasteiger partial charge in [0.2, 0.25) is 0 Å². The van der Waals surface area contributed by atoms with E-state index in [-0.39, 0.29) is 11.1 Å². The number of imide groups is 1. The van der Waals surface area contributed by atoms with Gasteiger partial charge in [-0.15, -0.1) is 5.06 Å². The van der Waals surface area contributed by atoms with Gasteiger partial charge in [-0.25, -0.2) is 9.63 Å². The van der Waals surface area contributed by atoms with Crippen LogP contribution >= 0.6 is 0 Å². The lowest BCUT2D eigenvalue weighted by Crippen LogP contribution is -2.39. The second-order valence-electron chi connectivity index (χ2n) is 5.73. The molecule has 1 aliphatic rings. The van der Waals surface area contributed by atoms with E-state index in [1.54, 1.807) is 32.9 Å². The molecule has 0 spiro atoms. The molecule has 1 aromatic carbocycles. The van der Waals surface area contributed by atoms with Crippen LogP contribution in [-0.2, 0) is 14.4 Å². The highest BCUT2D eigenvalue weighted by molar-refractivity contribution is 6.20. The minimum absolute atomic E-state index is 0.263. The van der Waals surface area contributed by atoms with Gasteiger partial charge in [0.15, 0.2) is 6.10 Å². The molecule has 0 radical (unpaired) electrons. The van der Waals surface area contributed by atoms with Crippen molar-refractivity contribution in [3.8, 4) is 0 Å². The molecule has 1 heterocycles. The maximum Gasteiger partial charge on any atom is 0.338 e. The Morgan fingerprint density at radius 2 is 1.57 bits per heavy atom. The first-order chi connectivity index (χ1) is 9.70. The van der Waals surface area contributed by atoms with Crippen LogP contribution in [-0.4, -0.2) is 34.6 Å². The largest absolute Gasteiger partial charge is 0.458 e. The van der Waals surface area contributed by atoms with E-state index in [4.69, 9.17) is 9.57 Å². The highest BCUT2D eigenvalue weighted by Gasteiger charge is 2.39. The maximum atomic E-state index is 12.1. The minimum atomic E-state index is -1.06. The summed E-state index contributed by atoms with van der Waals surface area (Å²) >= 11 is 0. The van der Waals surface area contributed by atoms with E-state index in [1.807, 2.05) is 0 Å². The standard InChI is InChI=1S/C15H17NO5/c1-9(14(19)20-15(2,3)4)21-16-12(17)10-7-5-6-8-11(10)13(16)18/h5-9H,1-4H3. The van der Waals surface area contributed by atoms with Crippen molar-refractivity contribution in [1.82, 2.24) is 5.06 Å². The van der Waals surface area contributed by atoms with Crippen molar-refractivity contribution < 1.29 is 24.0 Å². The van der Waals surface area contributed by atoms with Gasteiger partial charge in [0.1, 0.15) is 5.60 Å². The second-order valence-corrected chi connectivity index (χ2v) is 5.73. The summed E-state index contributed by atoms with van der Waals surface area (Å²) in [5.74, 6) is -1.80. The lowest BCUT2D eigenvalue weighted by molar-refractivity contribution is -0.186. The van der Waals surface area contributed by atoms with Gasteiger partial charge in [0.05, 0.1) is 11.1 Å². The highest BCUT2D eigenvalue weighted by atomic mass is 16.7. The quantitative estimate of drug-likeness (QED) is 0.628. The molecule has 112 valence electrons. The molecule has 2 amide bonds. The average Bonchev–Trinajstić information content (AvgIpc) is 2.62. The summed E-state index contributed by atoms with van der Waals surface area (Å²) in [4.78, 5) is 41.2. The van der Waals surface area contributed by atoms with Gasteiger partial charge in [-0.1, -0.05) is 12.1 Å². The number of carbonyl (C=O) groups is 3. The van der Waals surface area contributed by atoms with E-state index >= 15 is 0 Å². The fraction of sp³-hybridized carbons (Fsp3) is 0.400. The Labute approximate surface area is 122 Å². The van der Waals surface area contributed by atoms with Crippen molar-refractivity contribution in [3.63, 3.8) is 0 Å². The fourth-order valence-corrected chi connectivity index (χ4v) is 1.85. The van der Waals surface area contributed by atoms with E-state index in [9.17, 15) is 14.4 Å². The van der Waals surface area contributed by atoms with Gasteiger partial charge in [0, 0.05) is 0 Å². The Hall–Kier alpha value is -2.21. The van der Waals surface area contributed by atoms with Crippen LogP contribution in [0.3, 0.4) is 0 Å². The van der Waals surface area contributed by atoms with E-state index < -0.39 is 29.5 Å². The zero-order chi connectivity index (χ0) is 15.8. The fourth-order valence-electron chi connectivity index (χ4n) is 1.85. The van der Waals surface area contributed by atoms with Crippen LogP contribution in [0.1, 0.15) is 48.4 Å². The van der Waals surface area contributed by atoms with Crippen molar-refractivity contribution in [2.24, 2.45) is 0 Å². The first kappa shape index (κ1) is 15.2. The molecule has 21 heavy (non-hydrogen) atoms. The summed E-state index contributed by atoms with van der Waals surface area (Å²) in [5.41, 5.74) is -0.144. The van der Waals surface area contributed by atoms with Crippen LogP contribution < -0.4 is 0 Å². The van der Waals surface area contributed by atoms with E-state index in [0.29, 0.717) is 5.06 Å². The Morgan fingerprint density at radius 3 is 2.00 bits per heavy atom. The summed E-state index contributed by atoms with van der Waals surface area (Å²) in [6, 6.07) is 6.39. The zero-order valence-electron chi connectivity index (χ0n) is 12.4. The lowest BCUT2D eigenvalue weighted by atomic mass is 10.1. The number of benzene rings is 1. The Bertz CT molecular complexity index is 567. The number of hydroxylamine groups is 2. The molecule has 1 aliphatic heterocycles. The van der Waals surface area contributed by atoms with Crippen LogP contribution in [0.25, 0.3) is 0 Å².